The highest BCUT2D eigenvalue weighted by molar-refractivity contribution is 5.87. The van der Waals surface area contributed by atoms with Gasteiger partial charge in [0, 0.05) is 7.05 Å². The van der Waals surface area contributed by atoms with Crippen LogP contribution in [0.1, 0.15) is 20.8 Å². The van der Waals surface area contributed by atoms with Crippen molar-refractivity contribution in [2.45, 2.75) is 0 Å². The van der Waals surface area contributed by atoms with Crippen LogP contribution in [0.3, 0.4) is 0 Å². The van der Waals surface area contributed by atoms with Crippen molar-refractivity contribution in [3.63, 3.8) is 0 Å². The van der Waals surface area contributed by atoms with Gasteiger partial charge in [-0.1, -0.05) is 0 Å². The Morgan fingerprint density at radius 1 is 1.16 bits per heavy atom. The number of azo groups is 1. The first-order chi connectivity index (χ1) is 9.11. The number of hydrogen-bond acceptors (Lipinski definition) is 4. The Labute approximate surface area is 109 Å². The fraction of sp³-hybridized carbons (Fsp3) is 0.0769. The molecule has 1 aromatic heterocycles. The van der Waals surface area contributed by atoms with Gasteiger partial charge in [0.2, 0.25) is 0 Å². The molecule has 6 heteroatoms. The lowest BCUT2D eigenvalue weighted by molar-refractivity contribution is 0.0696. The van der Waals surface area contributed by atoms with Crippen molar-refractivity contribution in [1.29, 1.82) is 0 Å². The van der Waals surface area contributed by atoms with E-state index >= 15 is 0 Å². The lowest BCUT2D eigenvalue weighted by atomic mass is 10.2. The number of aromatic carboxylic acids is 1. The molecule has 19 heavy (non-hydrogen) atoms. The van der Waals surface area contributed by atoms with Crippen LogP contribution in [0.15, 0.2) is 46.6 Å². The monoisotopic (exact) mass is 257 g/mol. The number of hydrogen-bond donors (Lipinski definition) is 1. The molecule has 0 amide bonds. The van der Waals surface area contributed by atoms with E-state index in [9.17, 15) is 9.59 Å². The van der Waals surface area contributed by atoms with Crippen LogP contribution < -0.4 is 0 Å². The highest BCUT2D eigenvalue weighted by Crippen LogP contribution is 2.20. The van der Waals surface area contributed by atoms with Crippen LogP contribution in [0.5, 0.6) is 0 Å². The zero-order chi connectivity index (χ0) is 13.8. The Morgan fingerprint density at radius 3 is 2.37 bits per heavy atom. The van der Waals surface area contributed by atoms with Gasteiger partial charge in [-0.25, -0.2) is 4.79 Å². The Hall–Kier alpha value is -2.76. The van der Waals surface area contributed by atoms with Crippen LogP contribution >= 0.6 is 0 Å². The van der Waals surface area contributed by atoms with E-state index in [-0.39, 0.29) is 5.56 Å². The molecule has 1 heterocycles. The van der Waals surface area contributed by atoms with E-state index < -0.39 is 5.97 Å². The summed E-state index contributed by atoms with van der Waals surface area (Å²) in [6.45, 7) is 0. The van der Waals surface area contributed by atoms with Crippen molar-refractivity contribution >= 4 is 23.8 Å². The summed E-state index contributed by atoms with van der Waals surface area (Å²) in [6.07, 6.45) is 0.737. The van der Waals surface area contributed by atoms with Gasteiger partial charge in [0.05, 0.1) is 16.9 Å². The molecule has 96 valence electrons. The molecular weight excluding hydrogens is 246 g/mol. The molecule has 0 radical (unpaired) electrons. The Kier molecular flexibility index (Phi) is 3.51. The van der Waals surface area contributed by atoms with Gasteiger partial charge in [0.15, 0.2) is 12.1 Å². The predicted molar refractivity (Wildman–Crippen MR) is 68.4 cm³/mol. The largest absolute Gasteiger partial charge is 0.478 e. The van der Waals surface area contributed by atoms with Gasteiger partial charge in [-0.3, -0.25) is 4.79 Å². The number of benzene rings is 1. The zero-order valence-electron chi connectivity index (χ0n) is 10.1. The lowest BCUT2D eigenvalue weighted by Crippen LogP contribution is -1.94. The number of aldehydes is 1. The van der Waals surface area contributed by atoms with Crippen LogP contribution in [-0.4, -0.2) is 21.9 Å². The Morgan fingerprint density at radius 2 is 1.84 bits per heavy atom. The molecule has 2 aromatic rings. The summed E-state index contributed by atoms with van der Waals surface area (Å²) >= 11 is 0. The summed E-state index contributed by atoms with van der Waals surface area (Å²) in [5.41, 5.74) is 1.25. The molecule has 0 bridgehead atoms. The van der Waals surface area contributed by atoms with Gasteiger partial charge in [0.1, 0.15) is 0 Å². The number of carboxylic acids is 1. The standard InChI is InChI=1S/C13H11N3O3/c1-16-11(8-17)6-7-12(16)15-14-10-4-2-9(3-5-10)13(18)19/h2-8H,1H3,(H,18,19)/b15-14+. The summed E-state index contributed by atoms with van der Waals surface area (Å²) in [6, 6.07) is 9.37. The fourth-order valence-electron chi connectivity index (χ4n) is 1.51. The molecule has 0 atom stereocenters. The molecule has 0 spiro atoms. The molecule has 0 saturated carbocycles. The second-order valence-corrected chi connectivity index (χ2v) is 3.85. The summed E-state index contributed by atoms with van der Waals surface area (Å²) < 4.78 is 1.61. The molecule has 1 aromatic carbocycles. The number of rotatable bonds is 4. The number of carboxylic acid groups (broad SMARTS) is 1. The van der Waals surface area contributed by atoms with E-state index in [2.05, 4.69) is 10.2 Å². The van der Waals surface area contributed by atoms with E-state index in [0.29, 0.717) is 17.2 Å². The molecule has 0 aliphatic rings. The minimum Gasteiger partial charge on any atom is -0.478 e. The van der Waals surface area contributed by atoms with Gasteiger partial charge in [-0.2, -0.15) is 0 Å². The second-order valence-electron chi connectivity index (χ2n) is 3.85. The van der Waals surface area contributed by atoms with Crippen molar-refractivity contribution < 1.29 is 14.7 Å². The summed E-state index contributed by atoms with van der Waals surface area (Å²) in [5, 5.41) is 16.7. The second kappa shape index (κ2) is 5.26. The lowest BCUT2D eigenvalue weighted by Gasteiger charge is -1.98. The van der Waals surface area contributed by atoms with Crippen molar-refractivity contribution in [1.82, 2.24) is 4.57 Å². The van der Waals surface area contributed by atoms with E-state index in [0.717, 1.165) is 6.29 Å². The Bertz CT molecular complexity index is 642. The number of carbonyl (C=O) groups excluding carboxylic acids is 1. The third kappa shape index (κ3) is 2.74. The molecule has 0 saturated heterocycles. The van der Waals surface area contributed by atoms with Crippen LogP contribution in [0.4, 0.5) is 11.5 Å². The maximum atomic E-state index is 10.7. The van der Waals surface area contributed by atoms with Crippen molar-refractivity contribution in [2.75, 3.05) is 0 Å². The fourth-order valence-corrected chi connectivity index (χ4v) is 1.51. The first-order valence-corrected chi connectivity index (χ1v) is 5.48. The predicted octanol–water partition coefficient (Wildman–Crippen LogP) is 2.95. The number of nitrogens with zero attached hydrogens (tertiary/aromatic N) is 3. The average molecular weight is 257 g/mol. The highest BCUT2D eigenvalue weighted by Gasteiger charge is 2.03. The normalized spacial score (nSPS) is 10.8. The van der Waals surface area contributed by atoms with Crippen LogP contribution in [0, 0.1) is 0 Å². The first kappa shape index (κ1) is 12.7. The SMILES string of the molecule is Cn1c(C=O)ccc1/N=N/c1ccc(C(=O)O)cc1. The zero-order valence-corrected chi connectivity index (χ0v) is 10.1. The van der Waals surface area contributed by atoms with Gasteiger partial charge < -0.3 is 9.67 Å². The quantitative estimate of drug-likeness (QED) is 0.675. The maximum Gasteiger partial charge on any atom is 0.335 e. The van der Waals surface area contributed by atoms with Crippen LogP contribution in [-0.2, 0) is 7.05 Å². The summed E-state index contributed by atoms with van der Waals surface area (Å²) in [4.78, 5) is 21.3. The molecule has 0 fully saturated rings. The van der Waals surface area contributed by atoms with Crippen molar-refractivity contribution in [2.24, 2.45) is 17.3 Å². The molecule has 0 unspecified atom stereocenters. The van der Waals surface area contributed by atoms with Crippen molar-refractivity contribution in [3.8, 4) is 0 Å². The van der Waals surface area contributed by atoms with Crippen molar-refractivity contribution in [3.05, 3.63) is 47.7 Å². The molecule has 2 rings (SSSR count). The maximum absolute atomic E-state index is 10.7. The third-order valence-corrected chi connectivity index (χ3v) is 2.64. The van der Waals surface area contributed by atoms with E-state index in [1.807, 2.05) is 0 Å². The number of aromatic nitrogens is 1. The van der Waals surface area contributed by atoms with E-state index in [1.54, 1.807) is 35.9 Å². The van der Waals surface area contributed by atoms with E-state index in [4.69, 9.17) is 5.11 Å². The first-order valence-electron chi connectivity index (χ1n) is 5.48. The topological polar surface area (TPSA) is 84.0 Å². The summed E-state index contributed by atoms with van der Waals surface area (Å²) in [7, 11) is 1.71. The molecule has 1 N–H and O–H groups in total. The highest BCUT2D eigenvalue weighted by atomic mass is 16.4. The molecular formula is C13H11N3O3. The number of carbonyl (C=O) groups is 2. The Balaban J connectivity index is 2.20. The summed E-state index contributed by atoms with van der Waals surface area (Å²) in [5.74, 6) is -0.439. The van der Waals surface area contributed by atoms with Crippen LogP contribution in [0.25, 0.3) is 0 Å². The van der Waals surface area contributed by atoms with Gasteiger partial charge in [-0.15, -0.1) is 10.2 Å². The molecule has 0 aliphatic heterocycles. The van der Waals surface area contributed by atoms with Crippen LogP contribution in [0.2, 0.25) is 0 Å². The van der Waals surface area contributed by atoms with Gasteiger partial charge in [-0.05, 0) is 36.4 Å². The van der Waals surface area contributed by atoms with E-state index in [1.165, 1.54) is 12.1 Å². The minimum absolute atomic E-state index is 0.195. The third-order valence-electron chi connectivity index (χ3n) is 2.64. The average Bonchev–Trinajstić information content (AvgIpc) is 2.77. The minimum atomic E-state index is -0.985. The molecule has 0 aliphatic carbocycles. The smallest absolute Gasteiger partial charge is 0.335 e. The van der Waals surface area contributed by atoms with Gasteiger partial charge >= 0.3 is 5.97 Å². The molecule has 6 nitrogen and oxygen atoms in total. The van der Waals surface area contributed by atoms with Gasteiger partial charge in [0.25, 0.3) is 0 Å².